The summed E-state index contributed by atoms with van der Waals surface area (Å²) in [6, 6.07) is 0. The number of hydrogen-bond donors (Lipinski definition) is 5. The van der Waals surface area contributed by atoms with Gasteiger partial charge in [-0.05, 0) is 0 Å². The van der Waals surface area contributed by atoms with Gasteiger partial charge in [-0.1, -0.05) is 0 Å². The van der Waals surface area contributed by atoms with Crippen LogP contribution in [0.4, 0.5) is 0 Å². The Bertz CT molecular complexity index is 360. The number of hydrogen-bond acceptors (Lipinski definition) is 5. The molecule has 0 aromatic rings. The van der Waals surface area contributed by atoms with Crippen LogP contribution in [0.3, 0.4) is 0 Å². The first-order valence-corrected chi connectivity index (χ1v) is 9.39. The second-order valence-corrected chi connectivity index (χ2v) is 8.39. The van der Waals surface area contributed by atoms with E-state index in [1.54, 1.807) is 0 Å². The van der Waals surface area contributed by atoms with E-state index in [1.165, 1.54) is 0 Å². The zero-order chi connectivity index (χ0) is 13.9. The van der Waals surface area contributed by atoms with Crippen molar-refractivity contribution in [3.8, 4) is 0 Å². The summed E-state index contributed by atoms with van der Waals surface area (Å²) in [5.41, 5.74) is 0. The van der Waals surface area contributed by atoms with Crippen molar-refractivity contribution in [2.45, 2.75) is 0 Å². The van der Waals surface area contributed by atoms with Gasteiger partial charge >= 0.3 is 22.8 Å². The minimum Gasteiger partial charge on any atom is -0.324 e. The molecule has 0 aliphatic heterocycles. The Morgan fingerprint density at radius 3 is 1.47 bits per heavy atom. The van der Waals surface area contributed by atoms with Gasteiger partial charge < -0.3 is 29.0 Å². The van der Waals surface area contributed by atoms with Crippen LogP contribution < -0.4 is 0 Å². The highest BCUT2D eigenvalue weighted by atomic mass is 31.2. The lowest BCUT2D eigenvalue weighted by molar-refractivity contribution is 0.264. The molecule has 1 unspecified atom stereocenters. The Morgan fingerprint density at radius 2 is 1.24 bits per heavy atom. The Kier molecular flexibility index (Phi) is 6.18. The van der Waals surface area contributed by atoms with Crippen molar-refractivity contribution in [2.75, 3.05) is 26.0 Å². The molecule has 0 aliphatic rings. The third-order valence-electron chi connectivity index (χ3n) is 1.43. The fraction of sp³-hybridized carbons (Fsp3) is 1.00. The van der Waals surface area contributed by atoms with Crippen LogP contribution >= 0.6 is 22.8 Å². The maximum absolute atomic E-state index is 11.2. The van der Waals surface area contributed by atoms with Crippen molar-refractivity contribution in [3.05, 3.63) is 0 Å². The zero-order valence-corrected chi connectivity index (χ0v) is 11.5. The summed E-state index contributed by atoms with van der Waals surface area (Å²) in [5, 5.41) is 0. The molecule has 0 spiro atoms. The second kappa shape index (κ2) is 6.04. The molecule has 0 radical (unpaired) electrons. The first-order valence-electron chi connectivity index (χ1n) is 4.04. The van der Waals surface area contributed by atoms with Crippen LogP contribution in [0.5, 0.6) is 0 Å². The number of rotatable bonds is 7. The molecule has 1 atom stereocenters. The van der Waals surface area contributed by atoms with Gasteiger partial charge in [0.05, 0.1) is 0 Å². The van der Waals surface area contributed by atoms with Gasteiger partial charge in [0.25, 0.3) is 0 Å². The molecule has 0 rings (SSSR count). The molecule has 0 heterocycles. The van der Waals surface area contributed by atoms with Crippen molar-refractivity contribution < 1.29 is 42.7 Å². The monoisotopic (exact) mass is 313 g/mol. The van der Waals surface area contributed by atoms with Crippen LogP contribution in [0.1, 0.15) is 0 Å². The average Bonchev–Trinajstić information content (AvgIpc) is 1.96. The first kappa shape index (κ1) is 17.4. The fourth-order valence-electron chi connectivity index (χ4n) is 0.966. The number of nitrogens with zero attached hydrogens (tertiary/aromatic N) is 1. The predicted octanol–water partition coefficient (Wildman–Crippen LogP) is -0.652. The third kappa shape index (κ3) is 10.1. The Balaban J connectivity index is 4.81. The van der Waals surface area contributed by atoms with Crippen LogP contribution in [-0.2, 0) is 18.2 Å². The minimum atomic E-state index is -4.61. The Hall–Kier alpha value is 0.410. The summed E-state index contributed by atoms with van der Waals surface area (Å²) in [6.45, 7) is 0. The quantitative estimate of drug-likeness (QED) is 0.381. The molecule has 0 saturated heterocycles. The van der Waals surface area contributed by atoms with Gasteiger partial charge in [-0.15, -0.1) is 0 Å². The second-order valence-electron chi connectivity index (χ2n) is 3.24. The lowest BCUT2D eigenvalue weighted by Crippen LogP contribution is -2.27. The maximum Gasteiger partial charge on any atom is 0.341 e. The lowest BCUT2D eigenvalue weighted by atomic mass is 11.0. The van der Waals surface area contributed by atoms with Gasteiger partial charge in [-0.2, -0.15) is 0 Å². The van der Waals surface area contributed by atoms with E-state index in [0.29, 0.717) is 4.90 Å². The molecule has 0 aliphatic carbocycles. The van der Waals surface area contributed by atoms with Crippen molar-refractivity contribution in [1.29, 1.82) is 0 Å². The van der Waals surface area contributed by atoms with Crippen LogP contribution in [0.25, 0.3) is 0 Å². The van der Waals surface area contributed by atoms with Crippen molar-refractivity contribution in [3.63, 3.8) is 0 Å². The largest absolute Gasteiger partial charge is 0.341 e. The van der Waals surface area contributed by atoms with Crippen molar-refractivity contribution in [1.82, 2.24) is 4.90 Å². The third-order valence-corrected chi connectivity index (χ3v) is 4.30. The van der Waals surface area contributed by atoms with E-state index in [-0.39, 0.29) is 0 Å². The van der Waals surface area contributed by atoms with Crippen molar-refractivity contribution >= 4 is 22.8 Å². The molecule has 104 valence electrons. The molecule has 5 N–H and O–H groups in total. The zero-order valence-electron chi connectivity index (χ0n) is 8.78. The SMILES string of the molecule is COP(=O)(O)CN(CP(=O)(O)O)CP(=O)(O)O. The maximum atomic E-state index is 11.2. The molecule has 13 heteroatoms. The molecule has 0 aromatic carbocycles. The molecule has 10 nitrogen and oxygen atoms in total. The molecule has 17 heavy (non-hydrogen) atoms. The molecule has 0 aromatic heterocycles. The molecule has 0 fully saturated rings. The average molecular weight is 313 g/mol. The van der Waals surface area contributed by atoms with E-state index in [1.807, 2.05) is 0 Å². The van der Waals surface area contributed by atoms with E-state index in [9.17, 15) is 13.7 Å². The van der Waals surface area contributed by atoms with Crippen LogP contribution in [-0.4, -0.2) is 55.3 Å². The summed E-state index contributed by atoms with van der Waals surface area (Å²) in [6.07, 6.45) is -2.99. The summed E-state index contributed by atoms with van der Waals surface area (Å²) in [4.78, 5) is 44.2. The van der Waals surface area contributed by atoms with Crippen LogP contribution in [0.15, 0.2) is 0 Å². The Morgan fingerprint density at radius 1 is 0.882 bits per heavy atom. The lowest BCUT2D eigenvalue weighted by Gasteiger charge is -2.24. The summed E-state index contributed by atoms with van der Waals surface area (Å²) < 4.78 is 36.7. The van der Waals surface area contributed by atoms with Gasteiger partial charge in [0.1, 0.15) is 18.9 Å². The highest BCUT2D eigenvalue weighted by Gasteiger charge is 2.31. The molecule has 0 saturated carbocycles. The Labute approximate surface area is 97.1 Å². The van der Waals surface area contributed by atoms with E-state index in [0.717, 1.165) is 7.11 Å². The van der Waals surface area contributed by atoms with Gasteiger partial charge in [-0.25, -0.2) is 0 Å². The fourth-order valence-corrected chi connectivity index (χ4v) is 3.70. The highest BCUT2D eigenvalue weighted by molar-refractivity contribution is 7.54. The van der Waals surface area contributed by atoms with E-state index in [2.05, 4.69) is 4.52 Å². The molecular weight excluding hydrogens is 299 g/mol. The van der Waals surface area contributed by atoms with E-state index < -0.39 is 41.6 Å². The highest BCUT2D eigenvalue weighted by Crippen LogP contribution is 2.47. The summed E-state index contributed by atoms with van der Waals surface area (Å²) in [7, 11) is -12.5. The van der Waals surface area contributed by atoms with E-state index >= 15 is 0 Å². The predicted molar refractivity (Wildman–Crippen MR) is 57.4 cm³/mol. The normalized spacial score (nSPS) is 17.1. The van der Waals surface area contributed by atoms with Crippen LogP contribution in [0, 0.1) is 0 Å². The van der Waals surface area contributed by atoms with Gasteiger partial charge in [0, 0.05) is 7.11 Å². The standard InChI is InChI=1S/C4H14NO9P3/c1-14-17(12,13)4-5(2-15(6,7)8)3-16(9,10)11/h2-4H2,1H3,(H,12,13)(H2,6,7,8)(H2,9,10,11). The van der Waals surface area contributed by atoms with Gasteiger partial charge in [0.15, 0.2) is 0 Å². The summed E-state index contributed by atoms with van der Waals surface area (Å²) >= 11 is 0. The van der Waals surface area contributed by atoms with Crippen LogP contribution in [0.2, 0.25) is 0 Å². The smallest absolute Gasteiger partial charge is 0.324 e. The van der Waals surface area contributed by atoms with Crippen molar-refractivity contribution in [2.24, 2.45) is 0 Å². The van der Waals surface area contributed by atoms with Gasteiger partial charge in [-0.3, -0.25) is 18.6 Å². The molecular formula is C4H14NO9P3. The first-order chi connectivity index (χ1) is 7.35. The van der Waals surface area contributed by atoms with Gasteiger partial charge in [0.2, 0.25) is 0 Å². The summed E-state index contributed by atoms with van der Waals surface area (Å²) in [5.74, 6) is 0. The van der Waals surface area contributed by atoms with E-state index in [4.69, 9.17) is 24.5 Å². The minimum absolute atomic E-state index is 0.492. The topological polar surface area (TPSA) is 165 Å². The molecule has 0 amide bonds. The molecule has 0 bridgehead atoms.